The highest BCUT2D eigenvalue weighted by Crippen LogP contribution is 2.31. The average molecular weight is 362 g/mol. The molecule has 1 amide bonds. The monoisotopic (exact) mass is 362 g/mol. The molecular formula is C21H22N4O2. The van der Waals surface area contributed by atoms with Gasteiger partial charge in [0.15, 0.2) is 11.6 Å². The number of aromatic nitrogens is 2. The first kappa shape index (κ1) is 18.4. The van der Waals surface area contributed by atoms with Crippen LogP contribution in [0.5, 0.6) is 5.75 Å². The van der Waals surface area contributed by atoms with E-state index in [2.05, 4.69) is 20.6 Å². The van der Waals surface area contributed by atoms with Crippen LogP contribution in [0.3, 0.4) is 0 Å². The van der Waals surface area contributed by atoms with Crippen LogP contribution in [0, 0.1) is 6.92 Å². The highest BCUT2D eigenvalue weighted by Gasteiger charge is 2.10. The Morgan fingerprint density at radius 3 is 2.56 bits per heavy atom. The molecule has 0 aliphatic rings. The SMILES string of the molecule is CCOc1cc(-c2ccc(NC(C)=O)cc2)cnc1Nc1cccc(C)n1. The quantitative estimate of drug-likeness (QED) is 0.673. The van der Waals surface area contributed by atoms with E-state index in [-0.39, 0.29) is 5.91 Å². The van der Waals surface area contributed by atoms with Crippen LogP contribution in [0.2, 0.25) is 0 Å². The van der Waals surface area contributed by atoms with Crippen molar-refractivity contribution in [2.24, 2.45) is 0 Å². The zero-order chi connectivity index (χ0) is 19.2. The van der Waals surface area contributed by atoms with E-state index in [0.29, 0.717) is 18.2 Å². The lowest BCUT2D eigenvalue weighted by molar-refractivity contribution is -0.114. The third kappa shape index (κ3) is 4.82. The molecule has 0 aliphatic carbocycles. The average Bonchev–Trinajstić information content (AvgIpc) is 2.64. The number of carbonyl (C=O) groups excluding carboxylic acids is 1. The van der Waals surface area contributed by atoms with Crippen LogP contribution in [-0.2, 0) is 4.79 Å². The van der Waals surface area contributed by atoms with E-state index in [0.717, 1.165) is 28.3 Å². The Kier molecular flexibility index (Phi) is 5.66. The summed E-state index contributed by atoms with van der Waals surface area (Å²) < 4.78 is 5.77. The Morgan fingerprint density at radius 2 is 1.89 bits per heavy atom. The highest BCUT2D eigenvalue weighted by atomic mass is 16.5. The second kappa shape index (κ2) is 8.31. The Bertz CT molecular complexity index is 939. The van der Waals surface area contributed by atoms with Crippen molar-refractivity contribution in [1.82, 2.24) is 9.97 Å². The van der Waals surface area contributed by atoms with Gasteiger partial charge in [0.2, 0.25) is 5.91 Å². The van der Waals surface area contributed by atoms with E-state index in [1.165, 1.54) is 6.92 Å². The highest BCUT2D eigenvalue weighted by molar-refractivity contribution is 5.89. The molecule has 2 heterocycles. The summed E-state index contributed by atoms with van der Waals surface area (Å²) in [4.78, 5) is 20.1. The minimum atomic E-state index is -0.0942. The Balaban J connectivity index is 1.87. The Hall–Kier alpha value is -3.41. The number of nitrogens with zero attached hydrogens (tertiary/aromatic N) is 2. The molecule has 0 aliphatic heterocycles. The second-order valence-corrected chi connectivity index (χ2v) is 6.05. The van der Waals surface area contributed by atoms with Crippen LogP contribution in [0.1, 0.15) is 19.5 Å². The number of aryl methyl sites for hydroxylation is 1. The van der Waals surface area contributed by atoms with E-state index >= 15 is 0 Å². The maximum atomic E-state index is 11.1. The van der Waals surface area contributed by atoms with Crippen molar-refractivity contribution in [2.45, 2.75) is 20.8 Å². The van der Waals surface area contributed by atoms with Gasteiger partial charge in [0, 0.05) is 30.1 Å². The largest absolute Gasteiger partial charge is 0.490 e. The van der Waals surface area contributed by atoms with Gasteiger partial charge < -0.3 is 15.4 Å². The van der Waals surface area contributed by atoms with Crippen molar-refractivity contribution in [3.8, 4) is 16.9 Å². The molecule has 3 aromatic rings. The molecule has 138 valence electrons. The number of hydrogen-bond acceptors (Lipinski definition) is 5. The molecule has 0 radical (unpaired) electrons. The van der Waals surface area contributed by atoms with Crippen LogP contribution in [0.25, 0.3) is 11.1 Å². The van der Waals surface area contributed by atoms with Crippen molar-refractivity contribution >= 4 is 23.2 Å². The maximum Gasteiger partial charge on any atom is 0.221 e. The number of benzene rings is 1. The predicted molar refractivity (Wildman–Crippen MR) is 107 cm³/mol. The molecule has 0 saturated heterocycles. The summed E-state index contributed by atoms with van der Waals surface area (Å²) in [7, 11) is 0. The van der Waals surface area contributed by atoms with Gasteiger partial charge in [-0.2, -0.15) is 0 Å². The van der Waals surface area contributed by atoms with Gasteiger partial charge in [-0.3, -0.25) is 4.79 Å². The molecule has 0 fully saturated rings. The van der Waals surface area contributed by atoms with Crippen LogP contribution < -0.4 is 15.4 Å². The Labute approximate surface area is 158 Å². The van der Waals surface area contributed by atoms with E-state index in [1.54, 1.807) is 6.20 Å². The zero-order valence-corrected chi connectivity index (χ0v) is 15.6. The fourth-order valence-electron chi connectivity index (χ4n) is 2.65. The summed E-state index contributed by atoms with van der Waals surface area (Å²) >= 11 is 0. The maximum absolute atomic E-state index is 11.1. The Morgan fingerprint density at radius 1 is 1.11 bits per heavy atom. The van der Waals surface area contributed by atoms with Gasteiger partial charge in [0.05, 0.1) is 6.61 Å². The lowest BCUT2D eigenvalue weighted by Crippen LogP contribution is -2.05. The van der Waals surface area contributed by atoms with Gasteiger partial charge >= 0.3 is 0 Å². The standard InChI is InChI=1S/C21H22N4O2/c1-4-27-19-12-17(16-8-10-18(11-9-16)24-15(3)26)13-22-21(19)25-20-7-5-6-14(2)23-20/h5-13H,4H2,1-3H3,(H,24,26)(H,22,23,25). The number of anilines is 3. The van der Waals surface area contributed by atoms with Crippen molar-refractivity contribution in [2.75, 3.05) is 17.2 Å². The van der Waals surface area contributed by atoms with Crippen LogP contribution >= 0.6 is 0 Å². The van der Waals surface area contributed by atoms with Crippen molar-refractivity contribution in [3.63, 3.8) is 0 Å². The van der Waals surface area contributed by atoms with Gasteiger partial charge in [0.1, 0.15) is 5.82 Å². The lowest BCUT2D eigenvalue weighted by atomic mass is 10.1. The number of rotatable bonds is 6. The predicted octanol–water partition coefficient (Wildman–Crippen LogP) is 4.55. The molecule has 1 aromatic carbocycles. The molecule has 3 rings (SSSR count). The van der Waals surface area contributed by atoms with E-state index in [9.17, 15) is 4.79 Å². The van der Waals surface area contributed by atoms with Crippen LogP contribution in [0.15, 0.2) is 54.7 Å². The number of hydrogen-bond donors (Lipinski definition) is 2. The van der Waals surface area contributed by atoms with Crippen molar-refractivity contribution < 1.29 is 9.53 Å². The summed E-state index contributed by atoms with van der Waals surface area (Å²) in [5, 5.41) is 5.97. The smallest absolute Gasteiger partial charge is 0.221 e. The molecule has 0 spiro atoms. The molecule has 2 N–H and O–H groups in total. The normalized spacial score (nSPS) is 10.3. The third-order valence-electron chi connectivity index (χ3n) is 3.83. The fraction of sp³-hybridized carbons (Fsp3) is 0.190. The summed E-state index contributed by atoms with van der Waals surface area (Å²) in [6.07, 6.45) is 1.79. The second-order valence-electron chi connectivity index (χ2n) is 6.05. The minimum Gasteiger partial charge on any atom is -0.490 e. The molecule has 6 nitrogen and oxygen atoms in total. The summed E-state index contributed by atoms with van der Waals surface area (Å²) in [5.41, 5.74) is 3.59. The first-order valence-electron chi connectivity index (χ1n) is 8.76. The summed E-state index contributed by atoms with van der Waals surface area (Å²) in [6.45, 7) is 5.89. The number of carbonyl (C=O) groups is 1. The number of pyridine rings is 2. The third-order valence-corrected chi connectivity index (χ3v) is 3.83. The van der Waals surface area contributed by atoms with Gasteiger partial charge in [-0.15, -0.1) is 0 Å². The molecule has 0 atom stereocenters. The molecule has 2 aromatic heterocycles. The fourth-order valence-corrected chi connectivity index (χ4v) is 2.65. The van der Waals surface area contributed by atoms with Crippen LogP contribution in [-0.4, -0.2) is 22.5 Å². The molecule has 0 saturated carbocycles. The first-order valence-corrected chi connectivity index (χ1v) is 8.76. The van der Waals surface area contributed by atoms with E-state index in [4.69, 9.17) is 4.74 Å². The lowest BCUT2D eigenvalue weighted by Gasteiger charge is -2.13. The van der Waals surface area contributed by atoms with Gasteiger partial charge in [-0.05, 0) is 49.7 Å². The molecular weight excluding hydrogens is 340 g/mol. The van der Waals surface area contributed by atoms with Crippen molar-refractivity contribution in [3.05, 3.63) is 60.4 Å². The zero-order valence-electron chi connectivity index (χ0n) is 15.6. The molecule has 0 bridgehead atoms. The number of nitrogens with one attached hydrogen (secondary N) is 2. The molecule has 27 heavy (non-hydrogen) atoms. The summed E-state index contributed by atoms with van der Waals surface area (Å²) in [5.74, 6) is 1.90. The van der Waals surface area contributed by atoms with E-state index < -0.39 is 0 Å². The number of amides is 1. The van der Waals surface area contributed by atoms with Crippen LogP contribution in [0.4, 0.5) is 17.3 Å². The van der Waals surface area contributed by atoms with Crippen molar-refractivity contribution in [1.29, 1.82) is 0 Å². The van der Waals surface area contributed by atoms with Gasteiger partial charge in [-0.25, -0.2) is 9.97 Å². The first-order chi connectivity index (χ1) is 13.0. The topological polar surface area (TPSA) is 76.1 Å². The van der Waals surface area contributed by atoms with E-state index in [1.807, 2.05) is 62.4 Å². The number of ether oxygens (including phenoxy) is 1. The molecule has 6 heteroatoms. The molecule has 0 unspecified atom stereocenters. The summed E-state index contributed by atoms with van der Waals surface area (Å²) in [6, 6.07) is 15.3. The van der Waals surface area contributed by atoms with Gasteiger partial charge in [-0.1, -0.05) is 18.2 Å². The van der Waals surface area contributed by atoms with Gasteiger partial charge in [0.25, 0.3) is 0 Å². The minimum absolute atomic E-state index is 0.0942.